The Morgan fingerprint density at radius 2 is 1.81 bits per heavy atom. The monoisotopic (exact) mass is 370 g/mol. The lowest BCUT2D eigenvalue weighted by Crippen LogP contribution is -2.24. The fourth-order valence-electron chi connectivity index (χ4n) is 2.59. The van der Waals surface area contributed by atoms with Gasteiger partial charge in [-0.15, -0.1) is 0 Å². The molecular weight excluding hydrogens is 352 g/mol. The normalized spacial score (nSPS) is 12.0. The molecule has 0 fully saturated rings. The minimum atomic E-state index is -0.519. The fourth-order valence-corrected chi connectivity index (χ4v) is 3.54. The Kier molecular flexibility index (Phi) is 5.27. The number of hydrogen-bond acceptors (Lipinski definition) is 6. The Balaban J connectivity index is 2.28. The Bertz CT molecular complexity index is 1020. The van der Waals surface area contributed by atoms with Gasteiger partial charge < -0.3 is 9.47 Å². The molecule has 0 spiro atoms. The number of nitrogens with zero attached hydrogens (tertiary/aromatic N) is 2. The minimum Gasteiger partial charge on any atom is -0.495 e. The zero-order valence-electron chi connectivity index (χ0n) is 14.6. The van der Waals surface area contributed by atoms with Crippen LogP contribution in [0, 0.1) is 0 Å². The highest BCUT2D eigenvalue weighted by molar-refractivity contribution is 8.00. The van der Waals surface area contributed by atoms with Gasteiger partial charge in [-0.2, -0.15) is 0 Å². The second kappa shape index (κ2) is 7.61. The summed E-state index contributed by atoms with van der Waals surface area (Å²) in [5.74, 6) is 0.156. The van der Waals surface area contributed by atoms with E-state index in [9.17, 15) is 9.59 Å². The number of carbonyl (C=O) groups excluding carboxylic acids is 1. The number of rotatable bonds is 5. The Labute approximate surface area is 154 Å². The maximum absolute atomic E-state index is 13.2. The molecule has 0 aliphatic heterocycles. The zero-order valence-corrected chi connectivity index (χ0v) is 15.4. The van der Waals surface area contributed by atoms with Gasteiger partial charge in [0.2, 0.25) is 0 Å². The minimum absolute atomic E-state index is 0.223. The van der Waals surface area contributed by atoms with Crippen molar-refractivity contribution in [2.75, 3.05) is 14.2 Å². The van der Waals surface area contributed by atoms with Crippen LogP contribution in [0.1, 0.15) is 6.92 Å². The van der Waals surface area contributed by atoms with E-state index in [1.54, 1.807) is 44.4 Å². The van der Waals surface area contributed by atoms with Crippen molar-refractivity contribution in [2.45, 2.75) is 17.3 Å². The van der Waals surface area contributed by atoms with Gasteiger partial charge in [0.05, 0.1) is 30.8 Å². The molecule has 0 saturated carbocycles. The number of hydrogen-bond donors (Lipinski definition) is 0. The first-order valence-corrected chi connectivity index (χ1v) is 8.84. The molecule has 3 aromatic rings. The van der Waals surface area contributed by atoms with Gasteiger partial charge in [0.15, 0.2) is 5.16 Å². The van der Waals surface area contributed by atoms with Crippen LogP contribution in [0.4, 0.5) is 0 Å². The molecule has 1 atom stereocenters. The van der Waals surface area contributed by atoms with E-state index in [2.05, 4.69) is 4.98 Å². The number of aromatic nitrogens is 2. The number of fused-ring (bicyclic) bond motifs is 1. The van der Waals surface area contributed by atoms with Crippen molar-refractivity contribution in [3.63, 3.8) is 0 Å². The number of carbonyl (C=O) groups is 1. The third-order valence-corrected chi connectivity index (χ3v) is 4.92. The smallest absolute Gasteiger partial charge is 0.318 e. The highest BCUT2D eigenvalue weighted by atomic mass is 32.2. The van der Waals surface area contributed by atoms with Crippen LogP contribution in [0.15, 0.2) is 58.5 Å². The second-order valence-corrected chi connectivity index (χ2v) is 6.82. The molecule has 1 heterocycles. The standard InChI is InChI=1S/C19H18N2O4S/c1-12(18(23)25-3)26-19-20-14-9-5-4-8-13(14)17(22)21(19)15-10-6-7-11-16(15)24-2/h4-12H,1-3H3. The van der Waals surface area contributed by atoms with Crippen LogP contribution < -0.4 is 10.3 Å². The van der Waals surface area contributed by atoms with Crippen molar-refractivity contribution in [1.29, 1.82) is 0 Å². The SMILES string of the molecule is COC(=O)C(C)Sc1nc2ccccc2c(=O)n1-c1ccccc1OC. The number of para-hydroxylation sites is 3. The van der Waals surface area contributed by atoms with Crippen LogP contribution >= 0.6 is 11.8 Å². The summed E-state index contributed by atoms with van der Waals surface area (Å²) in [5.41, 5.74) is 0.917. The molecule has 0 saturated heterocycles. The Morgan fingerprint density at radius 3 is 2.54 bits per heavy atom. The summed E-state index contributed by atoms with van der Waals surface area (Å²) in [6.07, 6.45) is 0. The van der Waals surface area contributed by atoms with Crippen molar-refractivity contribution in [2.24, 2.45) is 0 Å². The molecule has 0 aliphatic carbocycles. The maximum Gasteiger partial charge on any atom is 0.318 e. The molecular formula is C19H18N2O4S. The number of esters is 1. The average molecular weight is 370 g/mol. The van der Waals surface area contributed by atoms with Gasteiger partial charge in [0, 0.05) is 0 Å². The molecule has 0 bridgehead atoms. The number of methoxy groups -OCH3 is 2. The first-order chi connectivity index (χ1) is 12.6. The van der Waals surface area contributed by atoms with Crippen LogP contribution in [-0.2, 0) is 9.53 Å². The van der Waals surface area contributed by atoms with Gasteiger partial charge in [-0.3, -0.25) is 14.2 Å². The van der Waals surface area contributed by atoms with Crippen molar-refractivity contribution in [1.82, 2.24) is 9.55 Å². The van der Waals surface area contributed by atoms with Crippen molar-refractivity contribution >= 4 is 28.6 Å². The maximum atomic E-state index is 13.2. The molecule has 7 heteroatoms. The molecule has 1 aromatic heterocycles. The number of thioether (sulfide) groups is 1. The lowest BCUT2D eigenvalue weighted by Gasteiger charge is -2.17. The van der Waals surface area contributed by atoms with E-state index < -0.39 is 5.25 Å². The topological polar surface area (TPSA) is 70.4 Å². The van der Waals surface area contributed by atoms with Gasteiger partial charge in [0.25, 0.3) is 5.56 Å². The van der Waals surface area contributed by atoms with E-state index in [0.29, 0.717) is 27.5 Å². The van der Waals surface area contributed by atoms with Crippen LogP contribution in [0.25, 0.3) is 16.6 Å². The van der Waals surface area contributed by atoms with E-state index >= 15 is 0 Å². The van der Waals surface area contributed by atoms with Crippen molar-refractivity contribution < 1.29 is 14.3 Å². The molecule has 0 radical (unpaired) electrons. The van der Waals surface area contributed by atoms with Gasteiger partial charge in [-0.25, -0.2) is 4.98 Å². The van der Waals surface area contributed by atoms with Gasteiger partial charge in [0.1, 0.15) is 11.0 Å². The molecule has 0 N–H and O–H groups in total. The van der Waals surface area contributed by atoms with E-state index in [0.717, 1.165) is 0 Å². The predicted molar refractivity (Wildman–Crippen MR) is 101 cm³/mol. The first-order valence-electron chi connectivity index (χ1n) is 7.96. The zero-order chi connectivity index (χ0) is 18.7. The average Bonchev–Trinajstić information content (AvgIpc) is 2.67. The first kappa shape index (κ1) is 18.0. The molecule has 3 rings (SSSR count). The summed E-state index contributed by atoms with van der Waals surface area (Å²) in [6.45, 7) is 1.71. The molecule has 26 heavy (non-hydrogen) atoms. The predicted octanol–water partition coefficient (Wildman–Crippen LogP) is 3.05. The van der Waals surface area contributed by atoms with Crippen molar-refractivity contribution in [3.05, 3.63) is 58.9 Å². The second-order valence-electron chi connectivity index (χ2n) is 5.51. The number of benzene rings is 2. The number of ether oxygens (including phenoxy) is 2. The van der Waals surface area contributed by atoms with E-state index in [1.807, 2.05) is 18.2 Å². The molecule has 134 valence electrons. The summed E-state index contributed by atoms with van der Waals surface area (Å²) in [7, 11) is 2.88. The summed E-state index contributed by atoms with van der Waals surface area (Å²) < 4.78 is 11.7. The Morgan fingerprint density at radius 1 is 1.12 bits per heavy atom. The van der Waals surface area contributed by atoms with Gasteiger partial charge in [-0.05, 0) is 31.2 Å². The van der Waals surface area contributed by atoms with Crippen LogP contribution in [0.5, 0.6) is 5.75 Å². The summed E-state index contributed by atoms with van der Waals surface area (Å²) >= 11 is 1.17. The Hall–Kier alpha value is -2.80. The summed E-state index contributed by atoms with van der Waals surface area (Å²) in [5, 5.41) is 0.374. The molecule has 6 nitrogen and oxygen atoms in total. The summed E-state index contributed by atoms with van der Waals surface area (Å²) in [4.78, 5) is 29.6. The molecule has 1 unspecified atom stereocenters. The molecule has 0 aliphatic rings. The third kappa shape index (κ3) is 3.30. The van der Waals surface area contributed by atoms with Gasteiger partial charge in [-0.1, -0.05) is 36.0 Å². The van der Waals surface area contributed by atoms with Crippen LogP contribution in [-0.4, -0.2) is 35.0 Å². The lowest BCUT2D eigenvalue weighted by molar-refractivity contribution is -0.139. The van der Waals surface area contributed by atoms with Crippen LogP contribution in [0.2, 0.25) is 0 Å². The third-order valence-electron chi connectivity index (χ3n) is 3.89. The largest absolute Gasteiger partial charge is 0.495 e. The quantitative estimate of drug-likeness (QED) is 0.391. The lowest BCUT2D eigenvalue weighted by atomic mass is 10.2. The summed E-state index contributed by atoms with van der Waals surface area (Å²) in [6, 6.07) is 14.3. The van der Waals surface area contributed by atoms with Crippen LogP contribution in [0.3, 0.4) is 0 Å². The van der Waals surface area contributed by atoms with E-state index in [-0.39, 0.29) is 11.5 Å². The highest BCUT2D eigenvalue weighted by Gasteiger charge is 2.21. The van der Waals surface area contributed by atoms with Crippen molar-refractivity contribution in [3.8, 4) is 11.4 Å². The van der Waals surface area contributed by atoms with E-state index in [4.69, 9.17) is 9.47 Å². The molecule has 2 aromatic carbocycles. The van der Waals surface area contributed by atoms with Gasteiger partial charge >= 0.3 is 5.97 Å². The fraction of sp³-hybridized carbons (Fsp3) is 0.211. The van der Waals surface area contributed by atoms with E-state index in [1.165, 1.54) is 23.4 Å². The molecule has 0 amide bonds. The highest BCUT2D eigenvalue weighted by Crippen LogP contribution is 2.29.